The molecule has 0 bridgehead atoms. The van der Waals surface area contributed by atoms with E-state index in [1.807, 2.05) is 32.0 Å². The van der Waals surface area contributed by atoms with Gasteiger partial charge in [-0.1, -0.05) is 18.2 Å². The lowest BCUT2D eigenvalue weighted by Crippen LogP contribution is -2.36. The van der Waals surface area contributed by atoms with Crippen molar-refractivity contribution >= 4 is 0 Å². The van der Waals surface area contributed by atoms with Crippen molar-refractivity contribution in [3.8, 4) is 0 Å². The van der Waals surface area contributed by atoms with Crippen molar-refractivity contribution in [2.75, 3.05) is 0 Å². The van der Waals surface area contributed by atoms with Gasteiger partial charge in [0.15, 0.2) is 0 Å². The van der Waals surface area contributed by atoms with Crippen LogP contribution in [0.25, 0.3) is 0 Å². The summed E-state index contributed by atoms with van der Waals surface area (Å²) in [6, 6.07) is 9.49. The average Bonchev–Trinajstić information content (AvgIpc) is 2.33. The summed E-state index contributed by atoms with van der Waals surface area (Å²) in [5, 5.41) is 0. The summed E-state index contributed by atoms with van der Waals surface area (Å²) in [7, 11) is 0. The Labute approximate surface area is 118 Å². The van der Waals surface area contributed by atoms with E-state index in [9.17, 15) is 8.78 Å². The second kappa shape index (κ2) is 5.33. The molecule has 1 nitrogen and oxygen atoms in total. The molecule has 0 radical (unpaired) electrons. The molecular weight excluding hydrogens is 256 g/mol. The molecule has 2 N–H and O–H groups in total. The van der Waals surface area contributed by atoms with Gasteiger partial charge in [0.25, 0.3) is 0 Å². The van der Waals surface area contributed by atoms with Crippen LogP contribution in [0, 0.1) is 25.5 Å². The van der Waals surface area contributed by atoms with Gasteiger partial charge in [0.05, 0.1) is 0 Å². The van der Waals surface area contributed by atoms with Crippen molar-refractivity contribution < 1.29 is 8.78 Å². The van der Waals surface area contributed by atoms with Crippen molar-refractivity contribution in [2.24, 2.45) is 5.73 Å². The first-order chi connectivity index (χ1) is 9.29. The molecule has 2 aromatic carbocycles. The fourth-order valence-corrected chi connectivity index (χ4v) is 2.48. The van der Waals surface area contributed by atoms with Crippen LogP contribution in [0.15, 0.2) is 36.4 Å². The third-order valence-corrected chi connectivity index (χ3v) is 3.71. The maximum atomic E-state index is 13.4. The minimum absolute atomic E-state index is 0.470. The highest BCUT2D eigenvalue weighted by molar-refractivity contribution is 5.37. The summed E-state index contributed by atoms with van der Waals surface area (Å²) in [6.45, 7) is 5.84. The van der Waals surface area contributed by atoms with E-state index in [0.29, 0.717) is 12.0 Å². The zero-order valence-corrected chi connectivity index (χ0v) is 12.0. The topological polar surface area (TPSA) is 26.0 Å². The molecular formula is C17H19F2N. The average molecular weight is 275 g/mol. The summed E-state index contributed by atoms with van der Waals surface area (Å²) >= 11 is 0. The third-order valence-electron chi connectivity index (χ3n) is 3.71. The summed E-state index contributed by atoms with van der Waals surface area (Å²) in [5.41, 5.74) is 9.36. The van der Waals surface area contributed by atoms with Crippen LogP contribution in [0.2, 0.25) is 0 Å². The predicted molar refractivity (Wildman–Crippen MR) is 77.5 cm³/mol. The van der Waals surface area contributed by atoms with Crippen LogP contribution in [0.1, 0.15) is 29.2 Å². The van der Waals surface area contributed by atoms with Crippen molar-refractivity contribution in [3.05, 3.63) is 70.3 Å². The van der Waals surface area contributed by atoms with Crippen LogP contribution >= 0.6 is 0 Å². The Morgan fingerprint density at radius 3 is 2.00 bits per heavy atom. The lowest BCUT2D eigenvalue weighted by Gasteiger charge is -2.27. The number of rotatable bonds is 3. The normalized spacial score (nSPS) is 14.1. The van der Waals surface area contributed by atoms with Gasteiger partial charge in [0.1, 0.15) is 11.6 Å². The van der Waals surface area contributed by atoms with Gasteiger partial charge in [-0.05, 0) is 61.6 Å². The first-order valence-corrected chi connectivity index (χ1v) is 6.60. The summed E-state index contributed by atoms with van der Waals surface area (Å²) in [5.74, 6) is -1.20. The minimum Gasteiger partial charge on any atom is -0.321 e. The fraction of sp³-hybridized carbons (Fsp3) is 0.294. The Balaban J connectivity index is 2.40. The smallest absolute Gasteiger partial charge is 0.126 e. The molecule has 1 unspecified atom stereocenters. The van der Waals surface area contributed by atoms with Crippen LogP contribution in [0.5, 0.6) is 0 Å². The predicted octanol–water partition coefficient (Wildman–Crippen LogP) is 4.00. The van der Waals surface area contributed by atoms with E-state index in [4.69, 9.17) is 5.73 Å². The SMILES string of the molecule is Cc1cccc(C)c1CC(C)(N)c1cc(F)cc(F)c1. The van der Waals surface area contributed by atoms with Gasteiger partial charge in [-0.15, -0.1) is 0 Å². The lowest BCUT2D eigenvalue weighted by molar-refractivity contribution is 0.476. The Kier molecular flexibility index (Phi) is 3.91. The van der Waals surface area contributed by atoms with Crippen LogP contribution in [0.4, 0.5) is 8.78 Å². The number of nitrogens with two attached hydrogens (primary N) is 1. The molecule has 106 valence electrons. The zero-order chi connectivity index (χ0) is 14.9. The molecule has 0 amide bonds. The van der Waals surface area contributed by atoms with Gasteiger partial charge < -0.3 is 5.73 Å². The van der Waals surface area contributed by atoms with Crippen molar-refractivity contribution in [3.63, 3.8) is 0 Å². The standard InChI is InChI=1S/C17H19F2N/c1-11-5-4-6-12(2)16(11)10-17(3,20)13-7-14(18)9-15(19)8-13/h4-9H,10,20H2,1-3H3. The highest BCUT2D eigenvalue weighted by Gasteiger charge is 2.24. The molecule has 3 heteroatoms. The van der Waals surface area contributed by atoms with Gasteiger partial charge in [-0.25, -0.2) is 8.78 Å². The van der Waals surface area contributed by atoms with Gasteiger partial charge >= 0.3 is 0 Å². The molecule has 20 heavy (non-hydrogen) atoms. The van der Waals surface area contributed by atoms with Gasteiger partial charge in [0.2, 0.25) is 0 Å². The molecule has 0 saturated heterocycles. The number of halogens is 2. The van der Waals surface area contributed by atoms with Crippen LogP contribution in [-0.2, 0) is 12.0 Å². The largest absolute Gasteiger partial charge is 0.321 e. The van der Waals surface area contributed by atoms with Crippen LogP contribution < -0.4 is 5.73 Å². The van der Waals surface area contributed by atoms with E-state index in [-0.39, 0.29) is 0 Å². The van der Waals surface area contributed by atoms with E-state index >= 15 is 0 Å². The Morgan fingerprint density at radius 1 is 1.00 bits per heavy atom. The van der Waals surface area contributed by atoms with E-state index in [1.165, 1.54) is 12.1 Å². The zero-order valence-electron chi connectivity index (χ0n) is 12.0. The van der Waals surface area contributed by atoms with E-state index in [1.54, 1.807) is 6.92 Å². The van der Waals surface area contributed by atoms with Crippen molar-refractivity contribution in [1.82, 2.24) is 0 Å². The second-order valence-electron chi connectivity index (χ2n) is 5.62. The number of aryl methyl sites for hydroxylation is 2. The summed E-state index contributed by atoms with van der Waals surface area (Å²) in [6.07, 6.45) is 0.536. The van der Waals surface area contributed by atoms with Crippen molar-refractivity contribution in [2.45, 2.75) is 32.7 Å². The van der Waals surface area contributed by atoms with Gasteiger partial charge in [-0.2, -0.15) is 0 Å². The summed E-state index contributed by atoms with van der Waals surface area (Å²) in [4.78, 5) is 0. The fourth-order valence-electron chi connectivity index (χ4n) is 2.48. The van der Waals surface area contributed by atoms with Crippen LogP contribution in [0.3, 0.4) is 0 Å². The van der Waals surface area contributed by atoms with Gasteiger partial charge in [0, 0.05) is 11.6 Å². The maximum absolute atomic E-state index is 13.4. The molecule has 0 heterocycles. The lowest BCUT2D eigenvalue weighted by atomic mass is 9.83. The Bertz CT molecular complexity index is 592. The van der Waals surface area contributed by atoms with E-state index < -0.39 is 17.2 Å². The molecule has 0 aliphatic rings. The molecule has 0 aromatic heterocycles. The van der Waals surface area contributed by atoms with E-state index in [2.05, 4.69) is 0 Å². The molecule has 2 aromatic rings. The molecule has 0 saturated carbocycles. The molecule has 0 aliphatic heterocycles. The highest BCUT2D eigenvalue weighted by atomic mass is 19.1. The third kappa shape index (κ3) is 3.05. The molecule has 0 aliphatic carbocycles. The van der Waals surface area contributed by atoms with Crippen LogP contribution in [-0.4, -0.2) is 0 Å². The maximum Gasteiger partial charge on any atom is 0.126 e. The molecule has 2 rings (SSSR count). The molecule has 0 spiro atoms. The van der Waals surface area contributed by atoms with E-state index in [0.717, 1.165) is 22.8 Å². The first kappa shape index (κ1) is 14.7. The van der Waals surface area contributed by atoms with Gasteiger partial charge in [-0.3, -0.25) is 0 Å². The molecule has 0 fully saturated rings. The highest BCUT2D eigenvalue weighted by Crippen LogP contribution is 2.27. The molecule has 1 atom stereocenters. The monoisotopic (exact) mass is 275 g/mol. The number of hydrogen-bond acceptors (Lipinski definition) is 1. The first-order valence-electron chi connectivity index (χ1n) is 6.60. The second-order valence-corrected chi connectivity index (χ2v) is 5.62. The number of hydrogen-bond donors (Lipinski definition) is 1. The number of benzene rings is 2. The minimum atomic E-state index is -0.820. The Hall–Kier alpha value is -1.74. The van der Waals surface area contributed by atoms with Crippen molar-refractivity contribution in [1.29, 1.82) is 0 Å². The summed E-state index contributed by atoms with van der Waals surface area (Å²) < 4.78 is 26.7. The Morgan fingerprint density at radius 2 is 1.50 bits per heavy atom. The quantitative estimate of drug-likeness (QED) is 0.900.